The molecule has 2 aliphatic rings. The fourth-order valence-electron chi connectivity index (χ4n) is 9.77. The molecule has 250 valence electrons. The molecule has 1 aliphatic carbocycles. The summed E-state index contributed by atoms with van der Waals surface area (Å²) in [5, 5.41) is 8.40. The number of hydrogen-bond donors (Lipinski definition) is 0. The first kappa shape index (κ1) is 31.2. The second kappa shape index (κ2) is 11.0. The molecule has 0 N–H and O–H groups in total. The Labute approximate surface area is 308 Å². The minimum Gasteiger partial charge on any atom is -0.0623 e. The largest absolute Gasteiger partial charge is 0.113 e. The fourth-order valence-corrected chi connectivity index (χ4v) is 12.9. The molecule has 0 spiro atoms. The maximum Gasteiger partial charge on any atom is 0.113 e. The van der Waals surface area contributed by atoms with Crippen LogP contribution in [0.3, 0.4) is 0 Å². The van der Waals surface area contributed by atoms with Crippen molar-refractivity contribution in [3.63, 3.8) is 0 Å². The number of fused-ring (bicyclic) bond motifs is 8. The summed E-state index contributed by atoms with van der Waals surface area (Å²) in [7, 11) is -1.93. The Morgan fingerprint density at radius 3 is 1.62 bits per heavy atom. The van der Waals surface area contributed by atoms with Crippen molar-refractivity contribution >= 4 is 40.0 Å². The second-order valence-corrected chi connectivity index (χ2v) is 20.5. The molecule has 0 radical (unpaired) electrons. The quantitative estimate of drug-likeness (QED) is 0.129. The standard InChI is InChI=1S/C51H42Si/c1-31-15-7-9-17-35(31)49-40-26-24-33(34-23-25-38-37-19-11-13-21-45(37)51(3,4)46(38)28-34)27-42(40)50(36-18-10-8-16-32(36)2)44-30-48-41(29-43(44)49)39-20-12-14-22-47(39)52(48,5)6/h7-30H,1-6H3. The van der Waals surface area contributed by atoms with Gasteiger partial charge in [-0.3, -0.25) is 0 Å². The monoisotopic (exact) mass is 682 g/mol. The van der Waals surface area contributed by atoms with Gasteiger partial charge in [-0.2, -0.15) is 0 Å². The molecule has 10 rings (SSSR count). The smallest absolute Gasteiger partial charge is 0.0623 e. The van der Waals surface area contributed by atoms with Crippen LogP contribution in [-0.4, -0.2) is 8.07 Å². The van der Waals surface area contributed by atoms with Gasteiger partial charge in [0.1, 0.15) is 8.07 Å². The Kier molecular flexibility index (Phi) is 6.61. The minimum absolute atomic E-state index is 0.0477. The minimum atomic E-state index is -1.93. The van der Waals surface area contributed by atoms with Gasteiger partial charge in [0.2, 0.25) is 0 Å². The third kappa shape index (κ3) is 4.26. The first-order valence-corrected chi connectivity index (χ1v) is 21.7. The Morgan fingerprint density at radius 2 is 0.904 bits per heavy atom. The number of benzene rings is 8. The van der Waals surface area contributed by atoms with E-state index in [1.165, 1.54) is 99.4 Å². The van der Waals surface area contributed by atoms with Gasteiger partial charge in [0.05, 0.1) is 0 Å². The third-order valence-electron chi connectivity index (χ3n) is 12.6. The van der Waals surface area contributed by atoms with Crippen LogP contribution < -0.4 is 10.4 Å². The Morgan fingerprint density at radius 1 is 0.385 bits per heavy atom. The van der Waals surface area contributed by atoms with Gasteiger partial charge in [-0.1, -0.05) is 154 Å². The van der Waals surface area contributed by atoms with Crippen LogP contribution >= 0.6 is 0 Å². The van der Waals surface area contributed by atoms with Crippen molar-refractivity contribution in [1.29, 1.82) is 0 Å². The molecular formula is C51H42Si. The van der Waals surface area contributed by atoms with Gasteiger partial charge < -0.3 is 0 Å². The molecule has 0 aromatic heterocycles. The predicted octanol–water partition coefficient (Wildman–Crippen LogP) is 12.7. The zero-order valence-corrected chi connectivity index (χ0v) is 31.9. The van der Waals surface area contributed by atoms with Crippen LogP contribution in [0.1, 0.15) is 36.1 Å². The van der Waals surface area contributed by atoms with E-state index in [0.29, 0.717) is 0 Å². The van der Waals surface area contributed by atoms with Gasteiger partial charge in [-0.15, -0.1) is 0 Å². The molecular weight excluding hydrogens is 641 g/mol. The highest BCUT2D eigenvalue weighted by Crippen LogP contribution is 2.51. The van der Waals surface area contributed by atoms with Crippen LogP contribution in [0.5, 0.6) is 0 Å². The lowest BCUT2D eigenvalue weighted by Crippen LogP contribution is -2.49. The molecule has 1 aliphatic heterocycles. The molecule has 1 heterocycles. The molecule has 0 bridgehead atoms. The lowest BCUT2D eigenvalue weighted by molar-refractivity contribution is 0.660. The maximum absolute atomic E-state index is 2.61. The summed E-state index contributed by atoms with van der Waals surface area (Å²) in [5.41, 5.74) is 18.8. The van der Waals surface area contributed by atoms with Gasteiger partial charge in [-0.25, -0.2) is 0 Å². The summed E-state index contributed by atoms with van der Waals surface area (Å²) in [6, 6.07) is 55.7. The summed E-state index contributed by atoms with van der Waals surface area (Å²) >= 11 is 0. The van der Waals surface area contributed by atoms with Crippen molar-refractivity contribution < 1.29 is 0 Å². The summed E-state index contributed by atoms with van der Waals surface area (Å²) in [6.45, 7) is 14.4. The molecule has 0 unspecified atom stereocenters. The first-order chi connectivity index (χ1) is 25.1. The predicted molar refractivity (Wildman–Crippen MR) is 227 cm³/mol. The molecule has 0 atom stereocenters. The van der Waals surface area contributed by atoms with E-state index in [-0.39, 0.29) is 5.41 Å². The van der Waals surface area contributed by atoms with E-state index in [1.54, 1.807) is 10.4 Å². The number of hydrogen-bond acceptors (Lipinski definition) is 0. The lowest BCUT2D eigenvalue weighted by Gasteiger charge is -2.24. The SMILES string of the molecule is Cc1ccccc1-c1c2ccc(-c3ccc4c(c3)C(C)(C)c3ccccc3-4)cc2c(-c2ccccc2C)c2cc3c(cc12)-c1ccccc1[Si]3(C)C. The van der Waals surface area contributed by atoms with E-state index >= 15 is 0 Å². The van der Waals surface area contributed by atoms with Gasteiger partial charge in [0.25, 0.3) is 0 Å². The van der Waals surface area contributed by atoms with Crippen molar-refractivity contribution in [3.05, 3.63) is 168 Å². The molecule has 1 heteroatoms. The third-order valence-corrected chi connectivity index (χ3v) is 16.1. The molecule has 8 aromatic rings. The maximum atomic E-state index is 2.61. The van der Waals surface area contributed by atoms with Gasteiger partial charge in [-0.05, 0) is 142 Å². The van der Waals surface area contributed by atoms with Crippen LogP contribution in [0.4, 0.5) is 0 Å². The fraction of sp³-hybridized carbons (Fsp3) is 0.137. The second-order valence-electron chi connectivity index (χ2n) is 16.2. The molecule has 0 amide bonds. The molecule has 0 fully saturated rings. The van der Waals surface area contributed by atoms with Crippen molar-refractivity contribution in [2.75, 3.05) is 0 Å². The normalized spacial score (nSPS) is 14.7. The van der Waals surface area contributed by atoms with Crippen LogP contribution in [0, 0.1) is 13.8 Å². The van der Waals surface area contributed by atoms with Gasteiger partial charge in [0.15, 0.2) is 0 Å². The zero-order chi connectivity index (χ0) is 35.5. The van der Waals surface area contributed by atoms with Crippen molar-refractivity contribution in [3.8, 4) is 55.6 Å². The van der Waals surface area contributed by atoms with Crippen molar-refractivity contribution in [2.24, 2.45) is 0 Å². The van der Waals surface area contributed by atoms with E-state index in [0.717, 1.165) is 0 Å². The van der Waals surface area contributed by atoms with Crippen LogP contribution in [0.25, 0.3) is 77.2 Å². The summed E-state index contributed by atoms with van der Waals surface area (Å²) in [6.07, 6.45) is 0. The van der Waals surface area contributed by atoms with E-state index < -0.39 is 8.07 Å². The summed E-state index contributed by atoms with van der Waals surface area (Å²) < 4.78 is 0. The first-order valence-electron chi connectivity index (χ1n) is 18.7. The van der Waals surface area contributed by atoms with Gasteiger partial charge >= 0.3 is 0 Å². The van der Waals surface area contributed by atoms with Crippen molar-refractivity contribution in [1.82, 2.24) is 0 Å². The van der Waals surface area contributed by atoms with Crippen LogP contribution in [0.15, 0.2) is 146 Å². The summed E-state index contributed by atoms with van der Waals surface area (Å²) in [5.74, 6) is 0. The Hall–Kier alpha value is -5.50. The average Bonchev–Trinajstić information content (AvgIpc) is 3.52. The zero-order valence-electron chi connectivity index (χ0n) is 30.9. The Bertz CT molecular complexity index is 2810. The number of aryl methyl sites for hydroxylation is 2. The lowest BCUT2D eigenvalue weighted by atomic mass is 9.80. The topological polar surface area (TPSA) is 0 Å². The van der Waals surface area contributed by atoms with E-state index in [2.05, 4.69) is 186 Å². The summed E-state index contributed by atoms with van der Waals surface area (Å²) in [4.78, 5) is 0. The average molecular weight is 683 g/mol. The molecule has 8 aromatic carbocycles. The van der Waals surface area contributed by atoms with E-state index in [4.69, 9.17) is 0 Å². The number of rotatable bonds is 3. The van der Waals surface area contributed by atoms with E-state index in [1.807, 2.05) is 0 Å². The van der Waals surface area contributed by atoms with Crippen LogP contribution in [-0.2, 0) is 5.41 Å². The van der Waals surface area contributed by atoms with E-state index in [9.17, 15) is 0 Å². The molecule has 0 nitrogen and oxygen atoms in total. The molecule has 0 saturated heterocycles. The highest BCUT2D eigenvalue weighted by atomic mass is 28.3. The molecule has 0 saturated carbocycles. The highest BCUT2D eigenvalue weighted by Gasteiger charge is 2.38. The highest BCUT2D eigenvalue weighted by molar-refractivity contribution is 7.04. The van der Waals surface area contributed by atoms with Crippen molar-refractivity contribution in [2.45, 2.75) is 46.2 Å². The Balaban J connectivity index is 1.33. The van der Waals surface area contributed by atoms with Gasteiger partial charge in [0, 0.05) is 5.41 Å². The molecule has 52 heavy (non-hydrogen) atoms. The van der Waals surface area contributed by atoms with Crippen LogP contribution in [0.2, 0.25) is 13.1 Å².